The lowest BCUT2D eigenvalue weighted by molar-refractivity contribution is 0.266. The van der Waals surface area contributed by atoms with E-state index in [1.807, 2.05) is 6.08 Å². The van der Waals surface area contributed by atoms with Gasteiger partial charge in [-0.15, -0.1) is 0 Å². The van der Waals surface area contributed by atoms with Gasteiger partial charge in [0.25, 0.3) is 0 Å². The normalized spacial score (nSPS) is 22.2. The molecular formula is C8H10O. The quantitative estimate of drug-likeness (QED) is 0.517. The van der Waals surface area contributed by atoms with Gasteiger partial charge in [0.15, 0.2) is 0 Å². The molecule has 1 aliphatic heterocycles. The van der Waals surface area contributed by atoms with Crippen LogP contribution in [-0.4, -0.2) is 6.61 Å². The third-order valence-electron chi connectivity index (χ3n) is 1.28. The second-order valence-electron chi connectivity index (χ2n) is 1.97. The van der Waals surface area contributed by atoms with Gasteiger partial charge in [0, 0.05) is 6.42 Å². The van der Waals surface area contributed by atoms with Crippen LogP contribution in [0.25, 0.3) is 0 Å². The first kappa shape index (κ1) is 6.14. The Morgan fingerprint density at radius 1 is 1.56 bits per heavy atom. The second-order valence-corrected chi connectivity index (χ2v) is 1.97. The summed E-state index contributed by atoms with van der Waals surface area (Å²) in [5.74, 6) is 0.894. The van der Waals surface area contributed by atoms with Gasteiger partial charge in [0.1, 0.15) is 5.76 Å². The number of rotatable bonds is 1. The summed E-state index contributed by atoms with van der Waals surface area (Å²) >= 11 is 0. The highest BCUT2D eigenvalue weighted by Crippen LogP contribution is 2.20. The van der Waals surface area contributed by atoms with Gasteiger partial charge in [-0.25, -0.2) is 0 Å². The van der Waals surface area contributed by atoms with Crippen LogP contribution in [-0.2, 0) is 4.74 Å². The van der Waals surface area contributed by atoms with Crippen LogP contribution in [0.3, 0.4) is 0 Å². The van der Waals surface area contributed by atoms with Crippen molar-refractivity contribution < 1.29 is 4.74 Å². The van der Waals surface area contributed by atoms with E-state index >= 15 is 0 Å². The summed E-state index contributed by atoms with van der Waals surface area (Å²) in [6.07, 6.45) is 4.51. The predicted octanol–water partition coefficient (Wildman–Crippen LogP) is 2.03. The molecule has 0 aromatic rings. The van der Waals surface area contributed by atoms with Gasteiger partial charge in [-0.05, 0) is 11.6 Å². The highest BCUT2D eigenvalue weighted by atomic mass is 16.5. The lowest BCUT2D eigenvalue weighted by atomic mass is 10.2. The van der Waals surface area contributed by atoms with E-state index in [1.165, 1.54) is 0 Å². The van der Waals surface area contributed by atoms with E-state index in [1.54, 1.807) is 6.08 Å². The van der Waals surface area contributed by atoms with E-state index < -0.39 is 0 Å². The molecule has 1 saturated heterocycles. The molecule has 0 spiro atoms. The smallest absolute Gasteiger partial charge is 0.122 e. The summed E-state index contributed by atoms with van der Waals surface area (Å²) in [5.41, 5.74) is 1.08. The topological polar surface area (TPSA) is 9.23 Å². The van der Waals surface area contributed by atoms with Crippen LogP contribution in [0.2, 0.25) is 0 Å². The molecule has 0 N–H and O–H groups in total. The predicted molar refractivity (Wildman–Crippen MR) is 38.0 cm³/mol. The van der Waals surface area contributed by atoms with Gasteiger partial charge in [-0.3, -0.25) is 0 Å². The number of allylic oxidation sites excluding steroid dienone is 3. The second kappa shape index (κ2) is 2.53. The van der Waals surface area contributed by atoms with E-state index in [-0.39, 0.29) is 0 Å². The van der Waals surface area contributed by atoms with Gasteiger partial charge < -0.3 is 4.74 Å². The molecule has 1 nitrogen and oxygen atoms in total. The molecule has 1 heteroatoms. The van der Waals surface area contributed by atoms with Crippen molar-refractivity contribution in [3.8, 4) is 0 Å². The van der Waals surface area contributed by atoms with Crippen molar-refractivity contribution in [2.75, 3.05) is 6.61 Å². The largest absolute Gasteiger partial charge is 0.493 e. The molecule has 1 rings (SSSR count). The maximum absolute atomic E-state index is 5.20. The average Bonchev–Trinajstić information content (AvgIpc) is 2.18. The highest BCUT2D eigenvalue weighted by molar-refractivity contribution is 5.28. The Balaban J connectivity index is 2.69. The van der Waals surface area contributed by atoms with E-state index in [0.29, 0.717) is 0 Å². The van der Waals surface area contributed by atoms with Crippen molar-refractivity contribution in [3.05, 3.63) is 36.6 Å². The van der Waals surface area contributed by atoms with E-state index in [2.05, 4.69) is 13.2 Å². The van der Waals surface area contributed by atoms with Crippen LogP contribution in [0.4, 0.5) is 0 Å². The molecule has 0 amide bonds. The maximum atomic E-state index is 5.20. The number of hydrogen-bond acceptors (Lipinski definition) is 1. The third-order valence-corrected chi connectivity index (χ3v) is 1.28. The summed E-state index contributed by atoms with van der Waals surface area (Å²) in [4.78, 5) is 0. The Morgan fingerprint density at radius 3 is 2.78 bits per heavy atom. The first-order chi connectivity index (χ1) is 4.34. The van der Waals surface area contributed by atoms with Crippen LogP contribution < -0.4 is 0 Å². The van der Waals surface area contributed by atoms with Gasteiger partial charge in [0.05, 0.1) is 6.61 Å². The Labute approximate surface area is 55.3 Å². The fourth-order valence-electron chi connectivity index (χ4n) is 0.782. The summed E-state index contributed by atoms with van der Waals surface area (Å²) in [5, 5.41) is 0. The van der Waals surface area contributed by atoms with Crippen molar-refractivity contribution in [1.82, 2.24) is 0 Å². The van der Waals surface area contributed by atoms with Crippen molar-refractivity contribution in [2.24, 2.45) is 0 Å². The molecule has 0 aromatic heterocycles. The van der Waals surface area contributed by atoms with E-state index in [9.17, 15) is 0 Å². The Morgan fingerprint density at radius 2 is 2.33 bits per heavy atom. The maximum Gasteiger partial charge on any atom is 0.122 e. The number of ether oxygens (including phenoxy) is 1. The minimum absolute atomic E-state index is 0.776. The van der Waals surface area contributed by atoms with Crippen molar-refractivity contribution in [3.63, 3.8) is 0 Å². The Bertz CT molecular complexity index is 165. The average molecular weight is 122 g/mol. The van der Waals surface area contributed by atoms with Crippen molar-refractivity contribution in [1.29, 1.82) is 0 Å². The fraction of sp³-hybridized carbons (Fsp3) is 0.250. The van der Waals surface area contributed by atoms with Crippen molar-refractivity contribution in [2.45, 2.75) is 6.42 Å². The summed E-state index contributed by atoms with van der Waals surface area (Å²) < 4.78 is 5.20. The van der Waals surface area contributed by atoms with E-state index in [4.69, 9.17) is 4.74 Å². The monoisotopic (exact) mass is 122 g/mol. The minimum atomic E-state index is 0.776. The summed E-state index contributed by atoms with van der Waals surface area (Å²) in [6.45, 7) is 8.15. The molecule has 0 unspecified atom stereocenters. The zero-order valence-corrected chi connectivity index (χ0v) is 5.39. The molecule has 0 atom stereocenters. The van der Waals surface area contributed by atoms with Crippen LogP contribution >= 0.6 is 0 Å². The molecule has 9 heavy (non-hydrogen) atoms. The molecular weight excluding hydrogens is 112 g/mol. The molecule has 0 radical (unpaired) electrons. The van der Waals surface area contributed by atoms with Crippen LogP contribution in [0, 0.1) is 0 Å². The van der Waals surface area contributed by atoms with E-state index in [0.717, 1.165) is 24.4 Å². The fourth-order valence-corrected chi connectivity index (χ4v) is 0.782. The molecule has 1 heterocycles. The lowest BCUT2D eigenvalue weighted by Gasteiger charge is -1.93. The molecule has 1 aliphatic rings. The molecule has 0 saturated carbocycles. The first-order valence-corrected chi connectivity index (χ1v) is 2.98. The van der Waals surface area contributed by atoms with Crippen LogP contribution in [0.15, 0.2) is 36.6 Å². The summed E-state index contributed by atoms with van der Waals surface area (Å²) in [6, 6.07) is 0. The van der Waals surface area contributed by atoms with Crippen LogP contribution in [0.5, 0.6) is 0 Å². The Hall–Kier alpha value is -0.980. The zero-order chi connectivity index (χ0) is 6.69. The van der Waals surface area contributed by atoms with Gasteiger partial charge >= 0.3 is 0 Å². The SMILES string of the molecule is C=C/C=C1/OCCC1=C. The van der Waals surface area contributed by atoms with Gasteiger partial charge in [0.2, 0.25) is 0 Å². The molecule has 0 aliphatic carbocycles. The third kappa shape index (κ3) is 1.22. The highest BCUT2D eigenvalue weighted by Gasteiger charge is 2.10. The minimum Gasteiger partial charge on any atom is -0.493 e. The zero-order valence-electron chi connectivity index (χ0n) is 5.39. The first-order valence-electron chi connectivity index (χ1n) is 2.98. The van der Waals surface area contributed by atoms with Crippen molar-refractivity contribution >= 4 is 0 Å². The van der Waals surface area contributed by atoms with Gasteiger partial charge in [-0.1, -0.05) is 19.2 Å². The standard InChI is InChI=1S/C8H10O/c1-3-4-8-7(2)5-6-9-8/h3-4H,1-2,5-6H2/b8-4+. The number of hydrogen-bond donors (Lipinski definition) is 0. The Kier molecular flexibility index (Phi) is 1.73. The molecule has 1 fully saturated rings. The molecule has 48 valence electrons. The van der Waals surface area contributed by atoms with Gasteiger partial charge in [-0.2, -0.15) is 0 Å². The molecule has 0 aromatic carbocycles. The van der Waals surface area contributed by atoms with Crippen LogP contribution in [0.1, 0.15) is 6.42 Å². The molecule has 0 bridgehead atoms. The lowest BCUT2D eigenvalue weighted by Crippen LogP contribution is -1.77. The summed E-state index contributed by atoms with van der Waals surface area (Å²) in [7, 11) is 0.